The first-order valence-electron chi connectivity index (χ1n) is 16.3. The average Bonchev–Trinajstić information content (AvgIpc) is 3.16. The maximum Gasteiger partial charge on any atom is 0.338 e. The van der Waals surface area contributed by atoms with Crippen molar-refractivity contribution in [2.45, 2.75) is 63.1 Å². The molecule has 52 heavy (non-hydrogen) atoms. The fourth-order valence-corrected chi connectivity index (χ4v) is 5.45. The van der Waals surface area contributed by atoms with Crippen molar-refractivity contribution in [3.63, 3.8) is 0 Å². The van der Waals surface area contributed by atoms with Gasteiger partial charge < -0.3 is 42.6 Å². The largest absolute Gasteiger partial charge is 0.463 e. The van der Waals surface area contributed by atoms with E-state index in [1.807, 2.05) is 0 Å². The highest BCUT2D eigenvalue weighted by Gasteiger charge is 2.53. The Morgan fingerprint density at radius 1 is 0.558 bits per heavy atom. The molecule has 5 rings (SSSR count). The van der Waals surface area contributed by atoms with Crippen LogP contribution in [0.15, 0.2) is 103 Å². The summed E-state index contributed by atoms with van der Waals surface area (Å²) >= 11 is 0. The Bertz CT molecular complexity index is 1700. The Morgan fingerprint density at radius 2 is 1.06 bits per heavy atom. The number of carbonyl (C=O) groups excluding carboxylic acids is 5. The molecule has 0 aliphatic carbocycles. The van der Waals surface area contributed by atoms with Crippen LogP contribution in [0.5, 0.6) is 0 Å². The van der Waals surface area contributed by atoms with Gasteiger partial charge in [-0.15, -0.1) is 0 Å². The van der Waals surface area contributed by atoms with Gasteiger partial charge in [0.1, 0.15) is 24.9 Å². The third-order valence-electron chi connectivity index (χ3n) is 7.89. The lowest BCUT2D eigenvalue weighted by molar-refractivity contribution is -0.301. The minimum absolute atomic E-state index is 0.180. The van der Waals surface area contributed by atoms with Crippen LogP contribution >= 0.6 is 0 Å². The van der Waals surface area contributed by atoms with Gasteiger partial charge in [0.15, 0.2) is 30.9 Å². The summed E-state index contributed by atoms with van der Waals surface area (Å²) in [4.78, 5) is 63.7. The van der Waals surface area contributed by atoms with Gasteiger partial charge in [0.25, 0.3) is 0 Å². The van der Waals surface area contributed by atoms with Crippen LogP contribution in [0.1, 0.15) is 44.9 Å². The third kappa shape index (κ3) is 10.1. The Hall–Kier alpha value is -5.41. The maximum atomic E-state index is 13.6. The van der Waals surface area contributed by atoms with E-state index in [-0.39, 0.29) is 29.9 Å². The molecule has 0 bridgehead atoms. The van der Waals surface area contributed by atoms with Crippen LogP contribution in [0.4, 0.5) is 0 Å². The van der Waals surface area contributed by atoms with Crippen molar-refractivity contribution in [3.05, 3.63) is 120 Å². The molecule has 274 valence electrons. The van der Waals surface area contributed by atoms with Crippen molar-refractivity contribution in [3.8, 4) is 0 Å². The normalized spacial score (nSPS) is 25.3. The van der Waals surface area contributed by atoms with E-state index in [0.29, 0.717) is 0 Å². The zero-order chi connectivity index (χ0) is 37.0. The van der Waals surface area contributed by atoms with Gasteiger partial charge in [-0.05, 0) is 48.6 Å². The molecule has 0 radical (unpaired) electrons. The van der Waals surface area contributed by atoms with Crippen molar-refractivity contribution in [2.75, 3.05) is 20.3 Å². The molecule has 2 heterocycles. The highest BCUT2D eigenvalue weighted by Crippen LogP contribution is 2.32. The third-order valence-corrected chi connectivity index (χ3v) is 7.89. The summed E-state index contributed by atoms with van der Waals surface area (Å²) in [7, 11) is 1.31. The second-order valence-corrected chi connectivity index (χ2v) is 11.6. The predicted molar refractivity (Wildman–Crippen MR) is 179 cm³/mol. The highest BCUT2D eigenvalue weighted by atomic mass is 16.7. The van der Waals surface area contributed by atoms with E-state index in [1.54, 1.807) is 66.7 Å². The molecule has 1 saturated heterocycles. The van der Waals surface area contributed by atoms with E-state index in [0.717, 1.165) is 0 Å². The summed E-state index contributed by atoms with van der Waals surface area (Å²) in [6.07, 6.45) is -6.75. The smallest absolute Gasteiger partial charge is 0.338 e. The van der Waals surface area contributed by atoms with Gasteiger partial charge in [0.2, 0.25) is 0 Å². The number of benzene rings is 3. The van der Waals surface area contributed by atoms with E-state index in [9.17, 15) is 24.0 Å². The van der Waals surface area contributed by atoms with Crippen molar-refractivity contribution >= 4 is 29.8 Å². The summed E-state index contributed by atoms with van der Waals surface area (Å²) in [6, 6.07) is 24.3. The standard InChI is InChI=1S/C38H38O14/c1-23(39)45-21-29-28(47-24(2)40)19-20-31(48-29)46-22-30-32(50-35(41)25-13-7-4-8-14-25)33(51-36(42)26-15-9-5-10-16-26)34(38(44-3)49-30)52-37(43)27-17-11-6-12-18-27/h4-20,28-34,38H,21-22H2,1-3H3/t28-,29+,30+,31-,32+,33-,34+,38-/m0/s1. The second-order valence-electron chi connectivity index (χ2n) is 11.6. The number of hydrogen-bond acceptors (Lipinski definition) is 14. The molecule has 2 aliphatic heterocycles. The van der Waals surface area contributed by atoms with E-state index in [2.05, 4.69) is 0 Å². The SMILES string of the molecule is CO[C@H]1O[C@H](CO[C@@H]2C=C[C@H](OC(C)=O)[C@@H](COC(C)=O)O2)[C@@H](OC(=O)c2ccccc2)[C@H](OC(=O)c2ccccc2)[C@H]1OC(=O)c1ccccc1. The Balaban J connectivity index is 1.46. The molecule has 0 unspecified atom stereocenters. The fraction of sp³-hybridized carbons (Fsp3) is 0.342. The van der Waals surface area contributed by atoms with Crippen LogP contribution in [0.25, 0.3) is 0 Å². The zero-order valence-electron chi connectivity index (χ0n) is 28.6. The number of methoxy groups -OCH3 is 1. The number of rotatable bonds is 13. The molecular weight excluding hydrogens is 680 g/mol. The monoisotopic (exact) mass is 718 g/mol. The summed E-state index contributed by atoms with van der Waals surface area (Å²) < 4.78 is 52.1. The van der Waals surface area contributed by atoms with Crippen LogP contribution in [0, 0.1) is 0 Å². The Kier molecular flexibility index (Phi) is 13.2. The molecule has 2 aliphatic rings. The highest BCUT2D eigenvalue weighted by molar-refractivity contribution is 5.91. The first-order chi connectivity index (χ1) is 25.1. The molecule has 3 aromatic carbocycles. The number of carbonyl (C=O) groups is 5. The predicted octanol–water partition coefficient (Wildman–Crippen LogP) is 3.83. The number of hydrogen-bond donors (Lipinski definition) is 0. The van der Waals surface area contributed by atoms with E-state index >= 15 is 0 Å². The first kappa shape index (κ1) is 37.8. The van der Waals surface area contributed by atoms with Crippen LogP contribution in [-0.2, 0) is 52.2 Å². The topological polar surface area (TPSA) is 168 Å². The molecule has 0 saturated carbocycles. The zero-order valence-corrected chi connectivity index (χ0v) is 28.6. The number of ether oxygens (including phenoxy) is 9. The minimum Gasteiger partial charge on any atom is -0.463 e. The van der Waals surface area contributed by atoms with Crippen molar-refractivity contribution < 1.29 is 66.6 Å². The number of esters is 5. The second kappa shape index (κ2) is 18.2. The van der Waals surface area contributed by atoms with Gasteiger partial charge in [0.05, 0.1) is 23.3 Å². The van der Waals surface area contributed by atoms with Gasteiger partial charge in [-0.1, -0.05) is 54.6 Å². The summed E-state index contributed by atoms with van der Waals surface area (Å²) in [5.41, 5.74) is 0.565. The molecule has 14 nitrogen and oxygen atoms in total. The first-order valence-corrected chi connectivity index (χ1v) is 16.3. The van der Waals surface area contributed by atoms with E-state index in [4.69, 9.17) is 42.6 Å². The van der Waals surface area contributed by atoms with Crippen molar-refractivity contribution in [1.82, 2.24) is 0 Å². The fourth-order valence-electron chi connectivity index (χ4n) is 5.45. The molecule has 0 N–H and O–H groups in total. The van der Waals surface area contributed by atoms with Crippen LogP contribution < -0.4 is 0 Å². The van der Waals surface area contributed by atoms with Crippen molar-refractivity contribution in [1.29, 1.82) is 0 Å². The molecule has 3 aromatic rings. The maximum absolute atomic E-state index is 13.6. The summed E-state index contributed by atoms with van der Waals surface area (Å²) in [6.45, 7) is 1.86. The minimum atomic E-state index is -1.48. The summed E-state index contributed by atoms with van der Waals surface area (Å²) in [5.74, 6) is -3.51. The van der Waals surface area contributed by atoms with E-state index in [1.165, 1.54) is 57.4 Å². The van der Waals surface area contributed by atoms with Gasteiger partial charge in [0, 0.05) is 21.0 Å². The van der Waals surface area contributed by atoms with Gasteiger partial charge in [-0.25, -0.2) is 14.4 Å². The van der Waals surface area contributed by atoms with Gasteiger partial charge in [-0.2, -0.15) is 0 Å². The average molecular weight is 719 g/mol. The molecule has 0 aromatic heterocycles. The quantitative estimate of drug-likeness (QED) is 0.142. The Labute approximate surface area is 299 Å². The van der Waals surface area contributed by atoms with Crippen LogP contribution in [0.3, 0.4) is 0 Å². The lowest BCUT2D eigenvalue weighted by Crippen LogP contribution is -2.63. The lowest BCUT2D eigenvalue weighted by atomic mass is 9.97. The molecule has 8 atom stereocenters. The van der Waals surface area contributed by atoms with Crippen LogP contribution in [-0.4, -0.2) is 99.4 Å². The Morgan fingerprint density at radius 3 is 1.54 bits per heavy atom. The molecular formula is C38H38O14. The molecule has 0 spiro atoms. The van der Waals surface area contributed by atoms with E-state index < -0.39 is 79.1 Å². The van der Waals surface area contributed by atoms with Gasteiger partial charge >= 0.3 is 29.8 Å². The molecule has 0 amide bonds. The molecule has 1 fully saturated rings. The van der Waals surface area contributed by atoms with Crippen LogP contribution in [0.2, 0.25) is 0 Å². The van der Waals surface area contributed by atoms with Gasteiger partial charge in [-0.3, -0.25) is 9.59 Å². The molecule has 14 heteroatoms. The lowest BCUT2D eigenvalue weighted by Gasteiger charge is -2.44. The van der Waals surface area contributed by atoms with Crippen molar-refractivity contribution in [2.24, 2.45) is 0 Å². The summed E-state index contributed by atoms with van der Waals surface area (Å²) in [5, 5.41) is 0.